The highest BCUT2D eigenvalue weighted by atomic mass is 16.5. The van der Waals surface area contributed by atoms with Gasteiger partial charge in [0.15, 0.2) is 0 Å². The Hall–Kier alpha value is -2.86. The molecule has 3 aromatic rings. The lowest BCUT2D eigenvalue weighted by Crippen LogP contribution is -2.13. The highest BCUT2D eigenvalue weighted by molar-refractivity contribution is 6.09. The number of fused-ring (bicyclic) bond motifs is 1. The summed E-state index contributed by atoms with van der Waals surface area (Å²) >= 11 is 0. The SMILES string of the molecule is CCCCn1c(C)c(C(=O)OCC)c2c(CN(C)C)c(O)c(-c3cccnc3)cc21. The van der Waals surface area contributed by atoms with Crippen LogP contribution in [0.1, 0.15) is 48.3 Å². The molecule has 0 atom stereocenters. The number of unbranched alkanes of at least 4 members (excludes halogenated alkanes) is 1. The summed E-state index contributed by atoms with van der Waals surface area (Å²) in [7, 11) is 3.90. The third-order valence-corrected chi connectivity index (χ3v) is 5.35. The van der Waals surface area contributed by atoms with E-state index in [1.165, 1.54) is 0 Å². The largest absolute Gasteiger partial charge is 0.507 e. The van der Waals surface area contributed by atoms with Crippen LogP contribution in [0, 0.1) is 6.92 Å². The molecule has 1 N–H and O–H groups in total. The van der Waals surface area contributed by atoms with Crippen molar-refractivity contribution in [3.63, 3.8) is 0 Å². The van der Waals surface area contributed by atoms with Gasteiger partial charge in [-0.05, 0) is 46.5 Å². The molecule has 30 heavy (non-hydrogen) atoms. The van der Waals surface area contributed by atoms with Gasteiger partial charge in [0.25, 0.3) is 0 Å². The Balaban J connectivity index is 2.41. The number of carbonyl (C=O) groups excluding carboxylic acids is 1. The number of aromatic hydroxyl groups is 1. The van der Waals surface area contributed by atoms with Crippen LogP contribution in [0.4, 0.5) is 0 Å². The van der Waals surface area contributed by atoms with Gasteiger partial charge in [0.1, 0.15) is 5.75 Å². The number of phenolic OH excluding ortho intramolecular Hbond substituents is 1. The van der Waals surface area contributed by atoms with Crippen molar-refractivity contribution in [3.05, 3.63) is 47.4 Å². The number of rotatable bonds is 8. The third kappa shape index (κ3) is 4.05. The second kappa shape index (κ2) is 9.30. The van der Waals surface area contributed by atoms with E-state index >= 15 is 0 Å². The van der Waals surface area contributed by atoms with Gasteiger partial charge < -0.3 is 19.3 Å². The van der Waals surface area contributed by atoms with Crippen LogP contribution in [0.3, 0.4) is 0 Å². The zero-order valence-corrected chi connectivity index (χ0v) is 18.5. The maximum Gasteiger partial charge on any atom is 0.340 e. The number of phenols is 1. The summed E-state index contributed by atoms with van der Waals surface area (Å²) in [5, 5.41) is 12.1. The molecule has 0 aliphatic heterocycles. The average molecular weight is 410 g/mol. The van der Waals surface area contributed by atoms with Crippen molar-refractivity contribution in [1.82, 2.24) is 14.5 Å². The molecular weight excluding hydrogens is 378 g/mol. The van der Waals surface area contributed by atoms with Crippen LogP contribution >= 0.6 is 0 Å². The molecule has 0 amide bonds. The summed E-state index contributed by atoms with van der Waals surface area (Å²) in [6.07, 6.45) is 5.51. The molecule has 3 rings (SSSR count). The summed E-state index contributed by atoms with van der Waals surface area (Å²) in [5.41, 5.74) is 4.66. The van der Waals surface area contributed by atoms with E-state index < -0.39 is 0 Å². The van der Waals surface area contributed by atoms with E-state index in [1.807, 2.05) is 51.0 Å². The summed E-state index contributed by atoms with van der Waals surface area (Å²) in [5.74, 6) is -0.161. The number of nitrogens with zero attached hydrogens (tertiary/aromatic N) is 3. The van der Waals surface area contributed by atoms with Crippen molar-refractivity contribution in [2.45, 2.75) is 46.7 Å². The van der Waals surface area contributed by atoms with Crippen molar-refractivity contribution < 1.29 is 14.6 Å². The van der Waals surface area contributed by atoms with Crippen molar-refractivity contribution in [1.29, 1.82) is 0 Å². The van der Waals surface area contributed by atoms with E-state index in [0.29, 0.717) is 18.7 Å². The summed E-state index contributed by atoms with van der Waals surface area (Å²) in [6, 6.07) is 5.77. The highest BCUT2D eigenvalue weighted by Crippen LogP contribution is 2.41. The number of aryl methyl sites for hydroxylation is 1. The predicted octanol–water partition coefficient (Wildman–Crippen LogP) is 4.76. The molecule has 2 heterocycles. The smallest absolute Gasteiger partial charge is 0.340 e. The number of ether oxygens (including phenoxy) is 1. The fraction of sp³-hybridized carbons (Fsp3) is 0.417. The normalized spacial score (nSPS) is 11.4. The zero-order valence-electron chi connectivity index (χ0n) is 18.5. The number of hydrogen-bond acceptors (Lipinski definition) is 5. The minimum absolute atomic E-state index is 0.183. The molecule has 2 aromatic heterocycles. The molecule has 1 aromatic carbocycles. The van der Waals surface area contributed by atoms with Gasteiger partial charge in [-0.3, -0.25) is 4.98 Å². The van der Waals surface area contributed by atoms with Crippen LogP contribution in [0.5, 0.6) is 5.75 Å². The average Bonchev–Trinajstić information content (AvgIpc) is 3.00. The summed E-state index contributed by atoms with van der Waals surface area (Å²) in [6.45, 7) is 7.53. The quantitative estimate of drug-likeness (QED) is 0.544. The molecule has 160 valence electrons. The molecule has 0 fully saturated rings. The van der Waals surface area contributed by atoms with E-state index in [2.05, 4.69) is 16.5 Å². The van der Waals surface area contributed by atoms with E-state index in [-0.39, 0.29) is 11.7 Å². The van der Waals surface area contributed by atoms with Gasteiger partial charge in [-0.1, -0.05) is 19.4 Å². The Morgan fingerprint density at radius 2 is 2.07 bits per heavy atom. The van der Waals surface area contributed by atoms with Gasteiger partial charge in [-0.2, -0.15) is 0 Å². The molecule has 0 aliphatic carbocycles. The molecule has 0 spiro atoms. The van der Waals surface area contributed by atoms with Crippen molar-refractivity contribution in [2.75, 3.05) is 20.7 Å². The highest BCUT2D eigenvalue weighted by Gasteiger charge is 2.27. The lowest BCUT2D eigenvalue weighted by molar-refractivity contribution is 0.0527. The minimum atomic E-state index is -0.344. The molecule has 0 radical (unpaired) electrons. The lowest BCUT2D eigenvalue weighted by atomic mass is 9.96. The van der Waals surface area contributed by atoms with Crippen LogP contribution < -0.4 is 0 Å². The van der Waals surface area contributed by atoms with E-state index in [4.69, 9.17) is 4.74 Å². The molecule has 6 nitrogen and oxygen atoms in total. The first-order valence-electron chi connectivity index (χ1n) is 10.5. The molecule has 0 unspecified atom stereocenters. The Morgan fingerprint density at radius 3 is 2.67 bits per heavy atom. The molecule has 0 bridgehead atoms. The first-order valence-corrected chi connectivity index (χ1v) is 10.5. The van der Waals surface area contributed by atoms with Crippen LogP contribution in [0.2, 0.25) is 0 Å². The standard InChI is InChI=1S/C24H31N3O3/c1-6-8-12-27-16(3)21(24(29)30-7-2)22-19(15-26(4)5)23(28)18(13-20(22)27)17-10-9-11-25-14-17/h9-11,13-14,28H,6-8,12,15H2,1-5H3. The Labute approximate surface area is 178 Å². The maximum absolute atomic E-state index is 12.9. The zero-order chi connectivity index (χ0) is 21.8. The number of pyridine rings is 1. The van der Waals surface area contributed by atoms with Crippen LogP contribution in [-0.4, -0.2) is 46.2 Å². The topological polar surface area (TPSA) is 67.6 Å². The number of esters is 1. The second-order valence-corrected chi connectivity index (χ2v) is 7.81. The molecule has 6 heteroatoms. The van der Waals surface area contributed by atoms with Crippen LogP contribution in [-0.2, 0) is 17.8 Å². The van der Waals surface area contributed by atoms with Crippen molar-refractivity contribution in [2.24, 2.45) is 0 Å². The van der Waals surface area contributed by atoms with Gasteiger partial charge in [-0.15, -0.1) is 0 Å². The summed E-state index contributed by atoms with van der Waals surface area (Å²) < 4.78 is 7.58. The fourth-order valence-electron chi connectivity index (χ4n) is 3.97. The van der Waals surface area contributed by atoms with E-state index in [1.54, 1.807) is 12.4 Å². The van der Waals surface area contributed by atoms with E-state index in [9.17, 15) is 9.90 Å². The minimum Gasteiger partial charge on any atom is -0.507 e. The first kappa shape index (κ1) is 21.8. The number of aromatic nitrogens is 2. The van der Waals surface area contributed by atoms with E-state index in [0.717, 1.165) is 52.7 Å². The Bertz CT molecular complexity index is 1040. The molecule has 0 saturated heterocycles. The maximum atomic E-state index is 12.9. The number of hydrogen-bond donors (Lipinski definition) is 1. The first-order chi connectivity index (χ1) is 14.4. The number of carbonyl (C=O) groups is 1. The van der Waals surface area contributed by atoms with Gasteiger partial charge in [0.2, 0.25) is 0 Å². The van der Waals surface area contributed by atoms with Crippen LogP contribution in [0.25, 0.3) is 22.0 Å². The monoisotopic (exact) mass is 409 g/mol. The predicted molar refractivity (Wildman–Crippen MR) is 120 cm³/mol. The van der Waals surface area contributed by atoms with Crippen LogP contribution in [0.15, 0.2) is 30.6 Å². The van der Waals surface area contributed by atoms with Gasteiger partial charge in [0, 0.05) is 53.3 Å². The fourth-order valence-corrected chi connectivity index (χ4v) is 3.97. The van der Waals surface area contributed by atoms with Gasteiger partial charge in [0.05, 0.1) is 17.7 Å². The Kier molecular flexibility index (Phi) is 6.77. The third-order valence-electron chi connectivity index (χ3n) is 5.35. The van der Waals surface area contributed by atoms with Gasteiger partial charge >= 0.3 is 5.97 Å². The number of benzene rings is 1. The molecule has 0 saturated carbocycles. The van der Waals surface area contributed by atoms with Gasteiger partial charge in [-0.25, -0.2) is 4.79 Å². The van der Waals surface area contributed by atoms with Crippen molar-refractivity contribution >= 4 is 16.9 Å². The molecule has 0 aliphatic rings. The van der Waals surface area contributed by atoms with Crippen molar-refractivity contribution in [3.8, 4) is 16.9 Å². The summed E-state index contributed by atoms with van der Waals surface area (Å²) in [4.78, 5) is 19.1. The molecular formula is C24H31N3O3. The lowest BCUT2D eigenvalue weighted by Gasteiger charge is -2.17. The second-order valence-electron chi connectivity index (χ2n) is 7.81. The Morgan fingerprint density at radius 1 is 1.30 bits per heavy atom.